The van der Waals surface area contributed by atoms with Crippen molar-refractivity contribution in [2.24, 2.45) is 0 Å². The lowest BCUT2D eigenvalue weighted by Crippen LogP contribution is -2.38. The maximum absolute atomic E-state index is 12.4. The van der Waals surface area contributed by atoms with Crippen LogP contribution >= 0.6 is 22.9 Å². The van der Waals surface area contributed by atoms with Crippen LogP contribution in [0, 0.1) is 0 Å². The molecule has 6 nitrogen and oxygen atoms in total. The van der Waals surface area contributed by atoms with Crippen molar-refractivity contribution in [1.82, 2.24) is 14.5 Å². The number of nitrogens with one attached hydrogen (secondary N) is 1. The van der Waals surface area contributed by atoms with Crippen LogP contribution in [0.3, 0.4) is 0 Å². The Balaban J connectivity index is 1.70. The first-order valence-electron chi connectivity index (χ1n) is 8.50. The Morgan fingerprint density at radius 2 is 1.85 bits per heavy atom. The van der Waals surface area contributed by atoms with E-state index in [1.54, 1.807) is 0 Å². The third-order valence-electron chi connectivity index (χ3n) is 3.91. The molecule has 1 N–H and O–H groups in total. The highest BCUT2D eigenvalue weighted by Gasteiger charge is 2.24. The van der Waals surface area contributed by atoms with Gasteiger partial charge in [-0.2, -0.15) is 4.31 Å². The van der Waals surface area contributed by atoms with Gasteiger partial charge in [0.25, 0.3) is 10.0 Å². The molecule has 0 atom stereocenters. The Hall–Kier alpha value is -1.45. The number of halogens is 1. The number of carbonyl (C=O) groups excluding carboxylic acids is 1. The van der Waals surface area contributed by atoms with Crippen LogP contribution in [0.5, 0.6) is 0 Å². The summed E-state index contributed by atoms with van der Waals surface area (Å²) >= 11 is 6.76. The number of amides is 1. The minimum atomic E-state index is -3.69. The highest BCUT2D eigenvalue weighted by molar-refractivity contribution is 7.91. The van der Waals surface area contributed by atoms with E-state index in [1.165, 1.54) is 24.7 Å². The molecule has 1 aromatic carbocycles. The van der Waals surface area contributed by atoms with E-state index in [0.717, 1.165) is 35.2 Å². The lowest BCUT2D eigenvalue weighted by molar-refractivity contribution is -0.121. The number of hydrogen-bond donors (Lipinski definition) is 1. The van der Waals surface area contributed by atoms with Crippen molar-refractivity contribution in [1.29, 1.82) is 0 Å². The third-order valence-corrected chi connectivity index (χ3v) is 7.42. The summed E-state index contributed by atoms with van der Waals surface area (Å²) < 4.78 is 26.3. The molecule has 0 fully saturated rings. The molecule has 1 aromatic heterocycles. The first-order chi connectivity index (χ1) is 12.8. The second-order valence-corrected chi connectivity index (χ2v) is 10.2. The Labute approximate surface area is 169 Å². The molecule has 0 aliphatic carbocycles. The Kier molecular flexibility index (Phi) is 8.25. The van der Waals surface area contributed by atoms with Gasteiger partial charge in [-0.1, -0.05) is 41.9 Å². The quantitative estimate of drug-likeness (QED) is 0.589. The molecule has 0 saturated heterocycles. The second kappa shape index (κ2) is 10.2. The minimum Gasteiger partial charge on any atom is -0.355 e. The van der Waals surface area contributed by atoms with Gasteiger partial charge in [-0.05, 0) is 37.7 Å². The number of benzene rings is 1. The third kappa shape index (κ3) is 6.90. The molecule has 9 heteroatoms. The lowest BCUT2D eigenvalue weighted by Gasteiger charge is -2.18. The maximum Gasteiger partial charge on any atom is 0.252 e. The number of rotatable bonds is 10. The topological polar surface area (TPSA) is 69.7 Å². The summed E-state index contributed by atoms with van der Waals surface area (Å²) in [6, 6.07) is 13.1. The number of nitrogens with zero attached hydrogens (tertiary/aromatic N) is 2. The second-order valence-electron chi connectivity index (χ2n) is 6.25. The van der Waals surface area contributed by atoms with Crippen LogP contribution in [-0.2, 0) is 21.4 Å². The summed E-state index contributed by atoms with van der Waals surface area (Å²) in [6.07, 6.45) is 0.784. The van der Waals surface area contributed by atoms with E-state index in [0.29, 0.717) is 10.9 Å². The Morgan fingerprint density at radius 1 is 1.15 bits per heavy atom. The van der Waals surface area contributed by atoms with Crippen molar-refractivity contribution in [3.63, 3.8) is 0 Å². The van der Waals surface area contributed by atoms with Crippen molar-refractivity contribution >= 4 is 38.9 Å². The summed E-state index contributed by atoms with van der Waals surface area (Å²) in [5.41, 5.74) is 1.24. The van der Waals surface area contributed by atoms with Crippen LogP contribution in [0.4, 0.5) is 0 Å². The van der Waals surface area contributed by atoms with E-state index in [2.05, 4.69) is 22.3 Å². The molecule has 0 radical (unpaired) electrons. The molecule has 2 rings (SSSR count). The first kappa shape index (κ1) is 21.8. The summed E-state index contributed by atoms with van der Waals surface area (Å²) in [7, 11) is -0.279. The van der Waals surface area contributed by atoms with Crippen LogP contribution in [0.1, 0.15) is 12.0 Å². The molecular weight excluding hydrogens is 406 g/mol. The molecule has 1 amide bonds. The van der Waals surface area contributed by atoms with Gasteiger partial charge in [-0.3, -0.25) is 4.79 Å². The standard InChI is InChI=1S/C18H24ClN3O3S2/c1-21(13-15-7-4-3-5-8-15)12-6-11-20-17(23)14-22(2)27(24,25)18-10-9-16(19)26-18/h3-5,7-10H,6,11-14H2,1-2H3,(H,20,23). The van der Waals surface area contributed by atoms with E-state index in [9.17, 15) is 13.2 Å². The molecule has 0 aliphatic heterocycles. The molecule has 0 unspecified atom stereocenters. The predicted molar refractivity (Wildman–Crippen MR) is 110 cm³/mol. The average Bonchev–Trinajstić information content (AvgIpc) is 3.07. The zero-order valence-electron chi connectivity index (χ0n) is 15.4. The Bertz CT molecular complexity index is 841. The van der Waals surface area contributed by atoms with Gasteiger partial charge in [0, 0.05) is 20.1 Å². The SMILES string of the molecule is CN(CCCNC(=O)CN(C)S(=O)(=O)c1ccc(Cl)s1)Cc1ccccc1. The van der Waals surface area contributed by atoms with Gasteiger partial charge in [-0.15, -0.1) is 11.3 Å². The minimum absolute atomic E-state index is 0.130. The molecule has 27 heavy (non-hydrogen) atoms. The first-order valence-corrected chi connectivity index (χ1v) is 11.1. The largest absolute Gasteiger partial charge is 0.355 e. The number of likely N-dealkylation sites (N-methyl/N-ethyl adjacent to an activating group) is 1. The average molecular weight is 430 g/mol. The van der Waals surface area contributed by atoms with E-state index in [1.807, 2.05) is 25.2 Å². The van der Waals surface area contributed by atoms with Gasteiger partial charge in [0.1, 0.15) is 4.21 Å². The molecule has 0 bridgehead atoms. The summed E-state index contributed by atoms with van der Waals surface area (Å²) in [4.78, 5) is 14.2. The zero-order valence-corrected chi connectivity index (χ0v) is 17.8. The fraction of sp³-hybridized carbons (Fsp3) is 0.389. The molecule has 148 valence electrons. The van der Waals surface area contributed by atoms with Crippen molar-refractivity contribution in [3.8, 4) is 0 Å². The Morgan fingerprint density at radius 3 is 2.48 bits per heavy atom. The summed E-state index contributed by atoms with van der Waals surface area (Å²) in [5.74, 6) is -0.325. The molecule has 0 spiro atoms. The van der Waals surface area contributed by atoms with Gasteiger partial charge < -0.3 is 10.2 Å². The smallest absolute Gasteiger partial charge is 0.252 e. The van der Waals surface area contributed by atoms with E-state index < -0.39 is 10.0 Å². The fourth-order valence-electron chi connectivity index (χ4n) is 2.48. The number of carbonyl (C=O) groups is 1. The number of sulfonamides is 1. The molecule has 0 aliphatic rings. The monoisotopic (exact) mass is 429 g/mol. The highest BCUT2D eigenvalue weighted by Crippen LogP contribution is 2.27. The zero-order chi connectivity index (χ0) is 19.9. The van der Waals surface area contributed by atoms with Crippen LogP contribution in [-0.4, -0.2) is 57.3 Å². The van der Waals surface area contributed by atoms with Crippen LogP contribution in [0.25, 0.3) is 0 Å². The normalized spacial score (nSPS) is 11.9. The van der Waals surface area contributed by atoms with Crippen molar-refractivity contribution in [3.05, 3.63) is 52.4 Å². The predicted octanol–water partition coefficient (Wildman–Crippen LogP) is 2.66. The number of hydrogen-bond acceptors (Lipinski definition) is 5. The van der Waals surface area contributed by atoms with E-state index in [4.69, 9.17) is 11.6 Å². The van der Waals surface area contributed by atoms with Crippen LogP contribution in [0.15, 0.2) is 46.7 Å². The van der Waals surface area contributed by atoms with Gasteiger partial charge in [0.05, 0.1) is 10.9 Å². The molecule has 2 aromatic rings. The summed E-state index contributed by atoms with van der Waals surface area (Å²) in [5, 5.41) is 2.77. The fourth-order valence-corrected chi connectivity index (χ4v) is 5.30. The van der Waals surface area contributed by atoms with E-state index in [-0.39, 0.29) is 16.7 Å². The molecule has 1 heterocycles. The summed E-state index contributed by atoms with van der Waals surface area (Å²) in [6.45, 7) is 1.95. The van der Waals surface area contributed by atoms with Crippen molar-refractivity contribution in [2.75, 3.05) is 33.7 Å². The van der Waals surface area contributed by atoms with Gasteiger partial charge in [0.15, 0.2) is 0 Å². The number of thiophene rings is 1. The van der Waals surface area contributed by atoms with Crippen molar-refractivity contribution in [2.45, 2.75) is 17.2 Å². The van der Waals surface area contributed by atoms with Gasteiger partial charge in [-0.25, -0.2) is 8.42 Å². The maximum atomic E-state index is 12.4. The molecular formula is C18H24ClN3O3S2. The van der Waals surface area contributed by atoms with Crippen molar-refractivity contribution < 1.29 is 13.2 Å². The highest BCUT2D eigenvalue weighted by atomic mass is 35.5. The van der Waals surface area contributed by atoms with E-state index >= 15 is 0 Å². The van der Waals surface area contributed by atoms with Crippen LogP contribution in [0.2, 0.25) is 4.34 Å². The van der Waals surface area contributed by atoms with Gasteiger partial charge >= 0.3 is 0 Å². The molecule has 0 saturated carbocycles. The van der Waals surface area contributed by atoms with Crippen LogP contribution < -0.4 is 5.32 Å². The lowest BCUT2D eigenvalue weighted by atomic mass is 10.2. The van der Waals surface area contributed by atoms with Gasteiger partial charge in [0.2, 0.25) is 5.91 Å².